The van der Waals surface area contributed by atoms with Crippen molar-refractivity contribution in [2.75, 3.05) is 25.1 Å². The number of nitrogens with zero attached hydrogens (tertiary/aromatic N) is 1. The molecule has 1 heterocycles. The normalized spacial score (nSPS) is 18.7. The Morgan fingerprint density at radius 3 is 2.68 bits per heavy atom. The third kappa shape index (κ3) is 2.93. The predicted octanol–water partition coefficient (Wildman–Crippen LogP) is 0.714. The van der Waals surface area contributed by atoms with Gasteiger partial charge in [-0.15, -0.1) is 0 Å². The van der Waals surface area contributed by atoms with Crippen LogP contribution >= 0.6 is 0 Å². The molecule has 0 aliphatic carbocycles. The molecule has 1 aromatic carbocycles. The van der Waals surface area contributed by atoms with Crippen molar-refractivity contribution in [3.63, 3.8) is 0 Å². The van der Waals surface area contributed by atoms with Crippen LogP contribution in [0.4, 0.5) is 5.69 Å². The summed E-state index contributed by atoms with van der Waals surface area (Å²) in [6, 6.07) is 7.70. The van der Waals surface area contributed by atoms with E-state index in [1.165, 1.54) is 7.11 Å². The minimum Gasteiger partial charge on any atom is -0.469 e. The molecule has 0 spiro atoms. The quantitative estimate of drug-likeness (QED) is 0.811. The number of rotatable bonds is 4. The average Bonchev–Trinajstić information content (AvgIpc) is 2.81. The van der Waals surface area contributed by atoms with Crippen molar-refractivity contribution >= 4 is 17.6 Å². The van der Waals surface area contributed by atoms with Crippen LogP contribution in [-0.2, 0) is 20.7 Å². The summed E-state index contributed by atoms with van der Waals surface area (Å²) in [5, 5.41) is 0. The molecular formula is C14H18N2O3. The first-order valence-corrected chi connectivity index (χ1v) is 6.33. The van der Waals surface area contributed by atoms with Gasteiger partial charge < -0.3 is 15.4 Å². The molecule has 0 aromatic heterocycles. The molecule has 102 valence electrons. The Morgan fingerprint density at radius 1 is 1.42 bits per heavy atom. The number of amides is 1. The van der Waals surface area contributed by atoms with Crippen molar-refractivity contribution in [1.29, 1.82) is 0 Å². The lowest BCUT2D eigenvalue weighted by Crippen LogP contribution is -2.26. The topological polar surface area (TPSA) is 72.6 Å². The van der Waals surface area contributed by atoms with E-state index in [0.29, 0.717) is 13.1 Å². The molecule has 0 bridgehead atoms. The lowest BCUT2D eigenvalue weighted by molar-refractivity contribution is -0.145. The number of benzene rings is 1. The van der Waals surface area contributed by atoms with Crippen LogP contribution in [0.25, 0.3) is 0 Å². The first-order valence-electron chi connectivity index (χ1n) is 6.33. The van der Waals surface area contributed by atoms with E-state index in [2.05, 4.69) is 4.74 Å². The van der Waals surface area contributed by atoms with Crippen molar-refractivity contribution in [1.82, 2.24) is 0 Å². The zero-order valence-electron chi connectivity index (χ0n) is 11.0. The summed E-state index contributed by atoms with van der Waals surface area (Å²) in [6.45, 7) is 0.994. The summed E-state index contributed by atoms with van der Waals surface area (Å²) in [7, 11) is 1.34. The van der Waals surface area contributed by atoms with E-state index in [-0.39, 0.29) is 24.2 Å². The van der Waals surface area contributed by atoms with Crippen LogP contribution in [0.5, 0.6) is 0 Å². The highest BCUT2D eigenvalue weighted by atomic mass is 16.5. The van der Waals surface area contributed by atoms with Gasteiger partial charge in [-0.1, -0.05) is 12.1 Å². The molecule has 0 saturated carbocycles. The SMILES string of the molecule is COC(=O)C1CC(=O)N(c2ccc(CCN)cc2)C1. The van der Waals surface area contributed by atoms with Gasteiger partial charge in [0.2, 0.25) is 5.91 Å². The van der Waals surface area contributed by atoms with Crippen LogP contribution in [-0.4, -0.2) is 32.1 Å². The second kappa shape index (κ2) is 5.84. The molecule has 1 fully saturated rings. The number of hydrogen-bond acceptors (Lipinski definition) is 4. The van der Waals surface area contributed by atoms with Crippen molar-refractivity contribution < 1.29 is 14.3 Å². The number of hydrogen-bond donors (Lipinski definition) is 1. The minimum absolute atomic E-state index is 0.0398. The number of methoxy groups -OCH3 is 1. The number of carbonyl (C=O) groups excluding carboxylic acids is 2. The zero-order valence-corrected chi connectivity index (χ0v) is 11.0. The van der Waals surface area contributed by atoms with Crippen LogP contribution < -0.4 is 10.6 Å². The fourth-order valence-corrected chi connectivity index (χ4v) is 2.29. The third-order valence-corrected chi connectivity index (χ3v) is 3.34. The van der Waals surface area contributed by atoms with Crippen LogP contribution in [0, 0.1) is 5.92 Å². The maximum Gasteiger partial charge on any atom is 0.311 e. The molecule has 1 aliphatic rings. The highest BCUT2D eigenvalue weighted by molar-refractivity contribution is 5.99. The Balaban J connectivity index is 2.09. The first kappa shape index (κ1) is 13.5. The monoisotopic (exact) mass is 262 g/mol. The molecule has 1 amide bonds. The molecule has 5 heteroatoms. The molecule has 1 unspecified atom stereocenters. The number of esters is 1. The van der Waals surface area contributed by atoms with E-state index in [4.69, 9.17) is 5.73 Å². The van der Waals surface area contributed by atoms with Gasteiger partial charge in [0.25, 0.3) is 0 Å². The third-order valence-electron chi connectivity index (χ3n) is 3.34. The summed E-state index contributed by atoms with van der Waals surface area (Å²) in [4.78, 5) is 25.0. The summed E-state index contributed by atoms with van der Waals surface area (Å²) in [6.07, 6.45) is 1.04. The molecule has 1 saturated heterocycles. The molecule has 2 N–H and O–H groups in total. The average molecular weight is 262 g/mol. The molecule has 2 rings (SSSR count). The predicted molar refractivity (Wildman–Crippen MR) is 71.7 cm³/mol. The standard InChI is InChI=1S/C14H18N2O3/c1-19-14(18)11-8-13(17)16(9-11)12-4-2-10(3-5-12)6-7-15/h2-5,11H,6-9,15H2,1H3. The van der Waals surface area contributed by atoms with Gasteiger partial charge in [0.05, 0.1) is 13.0 Å². The molecule has 1 atom stereocenters. The Bertz CT molecular complexity index is 470. The molecule has 19 heavy (non-hydrogen) atoms. The summed E-state index contributed by atoms with van der Waals surface area (Å²) in [5.41, 5.74) is 7.45. The summed E-state index contributed by atoms with van der Waals surface area (Å²) >= 11 is 0. The number of nitrogens with two attached hydrogens (primary N) is 1. The Morgan fingerprint density at radius 2 is 2.11 bits per heavy atom. The number of ether oxygens (including phenoxy) is 1. The van der Waals surface area contributed by atoms with Gasteiger partial charge in [-0.05, 0) is 30.7 Å². The van der Waals surface area contributed by atoms with Gasteiger partial charge in [-0.3, -0.25) is 9.59 Å². The molecule has 1 aliphatic heterocycles. The lowest BCUT2D eigenvalue weighted by Gasteiger charge is -2.16. The fraction of sp³-hybridized carbons (Fsp3) is 0.429. The fourth-order valence-electron chi connectivity index (χ4n) is 2.29. The molecule has 5 nitrogen and oxygen atoms in total. The second-order valence-corrected chi connectivity index (χ2v) is 4.63. The van der Waals surface area contributed by atoms with E-state index in [9.17, 15) is 9.59 Å². The largest absolute Gasteiger partial charge is 0.469 e. The van der Waals surface area contributed by atoms with Crippen LogP contribution in [0.3, 0.4) is 0 Å². The van der Waals surface area contributed by atoms with E-state index < -0.39 is 0 Å². The smallest absolute Gasteiger partial charge is 0.311 e. The molecule has 0 radical (unpaired) electrons. The number of carbonyl (C=O) groups is 2. The Labute approximate surface area is 112 Å². The summed E-state index contributed by atoms with van der Waals surface area (Å²) in [5.74, 6) is -0.723. The van der Waals surface area contributed by atoms with Crippen molar-refractivity contribution in [3.05, 3.63) is 29.8 Å². The van der Waals surface area contributed by atoms with E-state index in [1.54, 1.807) is 4.90 Å². The van der Waals surface area contributed by atoms with Crippen molar-refractivity contribution in [3.8, 4) is 0 Å². The lowest BCUT2D eigenvalue weighted by atomic mass is 10.1. The van der Waals surface area contributed by atoms with E-state index in [0.717, 1.165) is 17.7 Å². The second-order valence-electron chi connectivity index (χ2n) is 4.63. The van der Waals surface area contributed by atoms with Crippen LogP contribution in [0.15, 0.2) is 24.3 Å². The van der Waals surface area contributed by atoms with Crippen LogP contribution in [0.1, 0.15) is 12.0 Å². The van der Waals surface area contributed by atoms with Crippen molar-refractivity contribution in [2.45, 2.75) is 12.8 Å². The maximum absolute atomic E-state index is 11.9. The van der Waals surface area contributed by atoms with Gasteiger partial charge >= 0.3 is 5.97 Å². The van der Waals surface area contributed by atoms with Crippen molar-refractivity contribution in [2.24, 2.45) is 11.7 Å². The highest BCUT2D eigenvalue weighted by Crippen LogP contribution is 2.26. The van der Waals surface area contributed by atoms with Gasteiger partial charge in [0.15, 0.2) is 0 Å². The zero-order chi connectivity index (χ0) is 13.8. The van der Waals surface area contributed by atoms with Gasteiger partial charge in [0.1, 0.15) is 0 Å². The summed E-state index contributed by atoms with van der Waals surface area (Å²) < 4.78 is 4.69. The molecular weight excluding hydrogens is 244 g/mol. The number of anilines is 1. The van der Waals surface area contributed by atoms with Gasteiger partial charge in [0, 0.05) is 18.7 Å². The Kier molecular flexibility index (Phi) is 4.16. The highest BCUT2D eigenvalue weighted by Gasteiger charge is 2.35. The van der Waals surface area contributed by atoms with Crippen LogP contribution in [0.2, 0.25) is 0 Å². The molecule has 1 aromatic rings. The maximum atomic E-state index is 11.9. The van der Waals surface area contributed by atoms with Gasteiger partial charge in [-0.2, -0.15) is 0 Å². The minimum atomic E-state index is -0.360. The van der Waals surface area contributed by atoms with E-state index in [1.807, 2.05) is 24.3 Å². The Hall–Kier alpha value is -1.88. The first-order chi connectivity index (χ1) is 9.15. The van der Waals surface area contributed by atoms with Gasteiger partial charge in [-0.25, -0.2) is 0 Å². The van der Waals surface area contributed by atoms with E-state index >= 15 is 0 Å².